The first kappa shape index (κ1) is 17.5. The smallest absolute Gasteiger partial charge is 0.340 e. The van der Waals surface area contributed by atoms with Crippen LogP contribution in [0.15, 0.2) is 30.3 Å². The van der Waals surface area contributed by atoms with Gasteiger partial charge in [-0.1, -0.05) is 29.3 Å². The van der Waals surface area contributed by atoms with Crippen LogP contribution in [0.5, 0.6) is 0 Å². The van der Waals surface area contributed by atoms with E-state index in [1.807, 2.05) is 6.92 Å². The molecule has 2 aromatic rings. The van der Waals surface area contributed by atoms with Crippen molar-refractivity contribution in [3.8, 4) is 0 Å². The van der Waals surface area contributed by atoms with Crippen LogP contribution in [-0.4, -0.2) is 19.0 Å². The van der Waals surface area contributed by atoms with Crippen LogP contribution < -0.4 is 5.32 Å². The predicted molar refractivity (Wildman–Crippen MR) is 94.5 cm³/mol. The lowest BCUT2D eigenvalue weighted by Gasteiger charge is -2.03. The quantitative estimate of drug-likeness (QED) is 0.621. The molecule has 0 radical (unpaired) electrons. The number of rotatable bonds is 4. The molecule has 0 fully saturated rings. The Labute approximate surface area is 147 Å². The van der Waals surface area contributed by atoms with Gasteiger partial charge in [0, 0.05) is 21.0 Å². The van der Waals surface area contributed by atoms with Gasteiger partial charge in [0.15, 0.2) is 0 Å². The fourth-order valence-corrected chi connectivity index (χ4v) is 3.20. The van der Waals surface area contributed by atoms with Crippen LogP contribution in [0.4, 0.5) is 5.00 Å². The predicted octanol–water partition coefficient (Wildman–Crippen LogP) is 4.80. The van der Waals surface area contributed by atoms with E-state index in [4.69, 9.17) is 27.9 Å². The molecule has 1 aromatic carbocycles. The number of hydrogen-bond donors (Lipinski definition) is 1. The van der Waals surface area contributed by atoms with Crippen molar-refractivity contribution in [3.63, 3.8) is 0 Å². The zero-order chi connectivity index (χ0) is 17.0. The van der Waals surface area contributed by atoms with Gasteiger partial charge in [0.25, 0.3) is 0 Å². The summed E-state index contributed by atoms with van der Waals surface area (Å²) >= 11 is 13.2. The van der Waals surface area contributed by atoms with E-state index in [2.05, 4.69) is 5.32 Å². The summed E-state index contributed by atoms with van der Waals surface area (Å²) in [6, 6.07) is 6.66. The van der Waals surface area contributed by atoms with Crippen molar-refractivity contribution in [2.24, 2.45) is 0 Å². The van der Waals surface area contributed by atoms with Gasteiger partial charge in [-0.05, 0) is 36.8 Å². The van der Waals surface area contributed by atoms with Crippen LogP contribution in [0.3, 0.4) is 0 Å². The van der Waals surface area contributed by atoms with E-state index in [1.165, 1.54) is 24.5 Å². The van der Waals surface area contributed by atoms with Gasteiger partial charge in [0.2, 0.25) is 5.91 Å². The lowest BCUT2D eigenvalue weighted by atomic mass is 10.2. The van der Waals surface area contributed by atoms with Gasteiger partial charge in [-0.2, -0.15) is 0 Å². The molecule has 4 nitrogen and oxygen atoms in total. The van der Waals surface area contributed by atoms with E-state index in [0.717, 1.165) is 4.88 Å². The molecule has 0 aliphatic carbocycles. The second-order valence-electron chi connectivity index (χ2n) is 4.58. The third-order valence-electron chi connectivity index (χ3n) is 2.87. The van der Waals surface area contributed by atoms with Crippen molar-refractivity contribution in [3.05, 3.63) is 56.4 Å². The SMILES string of the molecule is COC(=O)c1cc(C)sc1NC(=O)/C=C/c1ccc(Cl)cc1Cl. The molecule has 0 aliphatic rings. The molecule has 0 atom stereocenters. The Morgan fingerprint density at radius 3 is 2.65 bits per heavy atom. The summed E-state index contributed by atoms with van der Waals surface area (Å²) in [5, 5.41) is 4.09. The second-order valence-corrected chi connectivity index (χ2v) is 6.68. The number of benzene rings is 1. The molecule has 1 aromatic heterocycles. The third-order valence-corrected chi connectivity index (χ3v) is 4.40. The molecule has 2 rings (SSSR count). The molecule has 0 spiro atoms. The zero-order valence-electron chi connectivity index (χ0n) is 12.4. The lowest BCUT2D eigenvalue weighted by molar-refractivity contribution is -0.111. The number of carbonyl (C=O) groups excluding carboxylic acids is 2. The van der Waals surface area contributed by atoms with Gasteiger partial charge >= 0.3 is 5.97 Å². The highest BCUT2D eigenvalue weighted by Gasteiger charge is 2.16. The first-order valence-electron chi connectivity index (χ1n) is 6.53. The highest BCUT2D eigenvalue weighted by Crippen LogP contribution is 2.28. The number of hydrogen-bond acceptors (Lipinski definition) is 4. The topological polar surface area (TPSA) is 55.4 Å². The molecule has 0 aliphatic heterocycles. The standard InChI is InChI=1S/C16H13Cl2NO3S/c1-9-7-12(16(21)22-2)15(23-9)19-14(20)6-4-10-3-5-11(17)8-13(10)18/h3-8H,1-2H3,(H,19,20)/b6-4+. The molecule has 7 heteroatoms. The number of amides is 1. The maximum Gasteiger partial charge on any atom is 0.340 e. The van der Waals surface area contributed by atoms with Crippen LogP contribution >= 0.6 is 34.5 Å². The van der Waals surface area contributed by atoms with Crippen molar-refractivity contribution in [2.75, 3.05) is 12.4 Å². The number of thiophene rings is 1. The molecule has 23 heavy (non-hydrogen) atoms. The van der Waals surface area contributed by atoms with E-state index in [0.29, 0.717) is 26.2 Å². The monoisotopic (exact) mass is 369 g/mol. The van der Waals surface area contributed by atoms with Crippen LogP contribution in [0.25, 0.3) is 6.08 Å². The van der Waals surface area contributed by atoms with Gasteiger partial charge in [-0.3, -0.25) is 4.79 Å². The van der Waals surface area contributed by atoms with Gasteiger partial charge < -0.3 is 10.1 Å². The number of halogens is 2. The fraction of sp³-hybridized carbons (Fsp3) is 0.125. The Morgan fingerprint density at radius 1 is 1.26 bits per heavy atom. The van der Waals surface area contributed by atoms with Crippen LogP contribution in [-0.2, 0) is 9.53 Å². The summed E-state index contributed by atoms with van der Waals surface area (Å²) in [5.74, 6) is -0.864. The Morgan fingerprint density at radius 2 is 2.00 bits per heavy atom. The van der Waals surface area contributed by atoms with Crippen molar-refractivity contribution < 1.29 is 14.3 Å². The van der Waals surface area contributed by atoms with Gasteiger partial charge in [0.1, 0.15) is 5.00 Å². The lowest BCUT2D eigenvalue weighted by Crippen LogP contribution is -2.10. The highest BCUT2D eigenvalue weighted by atomic mass is 35.5. The number of ether oxygens (including phenoxy) is 1. The van der Waals surface area contributed by atoms with Crippen LogP contribution in [0.1, 0.15) is 20.8 Å². The van der Waals surface area contributed by atoms with Crippen molar-refractivity contribution >= 4 is 57.5 Å². The third kappa shape index (κ3) is 4.58. The van der Waals surface area contributed by atoms with E-state index in [9.17, 15) is 9.59 Å². The molecule has 0 bridgehead atoms. The molecule has 0 saturated carbocycles. The molecule has 0 saturated heterocycles. The number of esters is 1. The Balaban J connectivity index is 2.13. The number of methoxy groups -OCH3 is 1. The first-order chi connectivity index (χ1) is 10.9. The number of aryl methyl sites for hydroxylation is 1. The van der Waals surface area contributed by atoms with E-state index in [-0.39, 0.29) is 5.91 Å². The molecule has 0 unspecified atom stereocenters. The number of carbonyl (C=O) groups is 2. The summed E-state index contributed by atoms with van der Waals surface area (Å²) < 4.78 is 4.70. The molecule has 1 heterocycles. The normalized spacial score (nSPS) is 10.8. The number of nitrogens with one attached hydrogen (secondary N) is 1. The van der Waals surface area contributed by atoms with Gasteiger partial charge in [0.05, 0.1) is 12.7 Å². The fourth-order valence-electron chi connectivity index (χ4n) is 1.82. The van der Waals surface area contributed by atoms with Crippen molar-refractivity contribution in [2.45, 2.75) is 6.92 Å². The Kier molecular flexibility index (Phi) is 5.82. The summed E-state index contributed by atoms with van der Waals surface area (Å²) in [5.41, 5.74) is 1.00. The minimum absolute atomic E-state index is 0.335. The van der Waals surface area contributed by atoms with Crippen molar-refractivity contribution in [1.82, 2.24) is 0 Å². The first-order valence-corrected chi connectivity index (χ1v) is 8.11. The van der Waals surface area contributed by atoms with Gasteiger partial charge in [-0.25, -0.2) is 4.79 Å². The van der Waals surface area contributed by atoms with Crippen molar-refractivity contribution in [1.29, 1.82) is 0 Å². The van der Waals surface area contributed by atoms with E-state index < -0.39 is 5.97 Å². The summed E-state index contributed by atoms with van der Waals surface area (Å²) in [6.07, 6.45) is 2.91. The largest absolute Gasteiger partial charge is 0.465 e. The van der Waals surface area contributed by atoms with Crippen LogP contribution in [0.2, 0.25) is 10.0 Å². The highest BCUT2D eigenvalue weighted by molar-refractivity contribution is 7.16. The summed E-state index contributed by atoms with van der Waals surface area (Å²) in [7, 11) is 1.30. The Bertz CT molecular complexity index is 784. The number of anilines is 1. The summed E-state index contributed by atoms with van der Waals surface area (Å²) in [4.78, 5) is 24.6. The Hall–Kier alpha value is -1.82. The molecule has 1 amide bonds. The summed E-state index contributed by atoms with van der Waals surface area (Å²) in [6.45, 7) is 1.84. The van der Waals surface area contributed by atoms with Gasteiger partial charge in [-0.15, -0.1) is 11.3 Å². The average molecular weight is 370 g/mol. The maximum atomic E-state index is 12.0. The van der Waals surface area contributed by atoms with E-state index in [1.54, 1.807) is 30.3 Å². The minimum Gasteiger partial charge on any atom is -0.465 e. The average Bonchev–Trinajstić information content (AvgIpc) is 2.86. The second kappa shape index (κ2) is 7.64. The van der Waals surface area contributed by atoms with Crippen LogP contribution in [0, 0.1) is 6.92 Å². The molecule has 1 N–H and O–H groups in total. The minimum atomic E-state index is -0.491. The zero-order valence-corrected chi connectivity index (χ0v) is 14.7. The maximum absolute atomic E-state index is 12.0. The molecular weight excluding hydrogens is 357 g/mol. The van der Waals surface area contributed by atoms with E-state index >= 15 is 0 Å². The molecular formula is C16H13Cl2NO3S. The molecule has 120 valence electrons.